The lowest BCUT2D eigenvalue weighted by Crippen LogP contribution is -2.51. The van der Waals surface area contributed by atoms with E-state index in [0.717, 1.165) is 26.1 Å². The van der Waals surface area contributed by atoms with Gasteiger partial charge in [0.2, 0.25) is 5.91 Å². The molecule has 15 heavy (non-hydrogen) atoms. The number of morpholine rings is 1. The summed E-state index contributed by atoms with van der Waals surface area (Å²) < 4.78 is 5.40. The van der Waals surface area contributed by atoms with Crippen molar-refractivity contribution in [1.29, 1.82) is 0 Å². The van der Waals surface area contributed by atoms with Crippen LogP contribution in [0.15, 0.2) is 0 Å². The molecule has 1 aliphatic rings. The van der Waals surface area contributed by atoms with Crippen molar-refractivity contribution in [3.8, 4) is 0 Å². The normalized spacial score (nSPS) is 23.9. The number of amides is 1. The molecule has 0 aromatic carbocycles. The Balaban J connectivity index is 2.37. The number of nitrogens with one attached hydrogen (secondary N) is 1. The van der Waals surface area contributed by atoms with Crippen molar-refractivity contribution in [2.24, 2.45) is 0 Å². The van der Waals surface area contributed by atoms with E-state index in [1.165, 1.54) is 0 Å². The Labute approximate surface area is 92.0 Å². The Morgan fingerprint density at radius 1 is 1.67 bits per heavy atom. The molecule has 2 unspecified atom stereocenters. The lowest BCUT2D eigenvalue weighted by atomic mass is 10.2. The molecule has 1 saturated heterocycles. The topological polar surface area (TPSA) is 41.6 Å². The first kappa shape index (κ1) is 12.5. The van der Waals surface area contributed by atoms with Gasteiger partial charge in [-0.25, -0.2) is 0 Å². The van der Waals surface area contributed by atoms with Gasteiger partial charge in [-0.1, -0.05) is 6.92 Å². The van der Waals surface area contributed by atoms with Gasteiger partial charge in [-0.05, 0) is 26.8 Å². The van der Waals surface area contributed by atoms with Gasteiger partial charge in [-0.15, -0.1) is 0 Å². The predicted octanol–water partition coefficient (Wildman–Crippen LogP) is 0.622. The molecule has 1 N–H and O–H groups in total. The molecule has 0 bridgehead atoms. The van der Waals surface area contributed by atoms with Gasteiger partial charge < -0.3 is 15.0 Å². The number of rotatable bonds is 4. The third kappa shape index (κ3) is 3.80. The summed E-state index contributed by atoms with van der Waals surface area (Å²) in [5.41, 5.74) is 0. The molecule has 0 aliphatic carbocycles. The van der Waals surface area contributed by atoms with Crippen molar-refractivity contribution in [2.45, 2.75) is 39.3 Å². The van der Waals surface area contributed by atoms with Crippen LogP contribution in [-0.2, 0) is 9.53 Å². The van der Waals surface area contributed by atoms with Crippen LogP contribution >= 0.6 is 0 Å². The van der Waals surface area contributed by atoms with Crippen LogP contribution in [0.1, 0.15) is 27.2 Å². The number of carbonyl (C=O) groups is 1. The van der Waals surface area contributed by atoms with Gasteiger partial charge in [0.05, 0.1) is 18.8 Å². The third-order valence-corrected chi connectivity index (χ3v) is 2.62. The SMILES string of the molecule is CCCNC(C)C(=O)N1CCOC(C)C1. The molecule has 4 heteroatoms. The van der Waals surface area contributed by atoms with Crippen molar-refractivity contribution >= 4 is 5.91 Å². The second-order valence-electron chi connectivity index (χ2n) is 4.14. The largest absolute Gasteiger partial charge is 0.375 e. The van der Waals surface area contributed by atoms with E-state index in [1.54, 1.807) is 0 Å². The van der Waals surface area contributed by atoms with Crippen molar-refractivity contribution in [1.82, 2.24) is 10.2 Å². The molecule has 0 aromatic heterocycles. The van der Waals surface area contributed by atoms with Gasteiger partial charge in [0.1, 0.15) is 0 Å². The first-order chi connectivity index (χ1) is 7.15. The van der Waals surface area contributed by atoms with Crippen LogP contribution in [0.3, 0.4) is 0 Å². The highest BCUT2D eigenvalue weighted by Gasteiger charge is 2.24. The molecule has 1 rings (SSSR count). The molecule has 2 atom stereocenters. The van der Waals surface area contributed by atoms with Gasteiger partial charge >= 0.3 is 0 Å². The van der Waals surface area contributed by atoms with Crippen LogP contribution in [0.2, 0.25) is 0 Å². The highest BCUT2D eigenvalue weighted by Crippen LogP contribution is 2.06. The van der Waals surface area contributed by atoms with E-state index in [-0.39, 0.29) is 18.1 Å². The summed E-state index contributed by atoms with van der Waals surface area (Å²) >= 11 is 0. The minimum absolute atomic E-state index is 0.0738. The highest BCUT2D eigenvalue weighted by atomic mass is 16.5. The number of ether oxygens (including phenoxy) is 1. The maximum atomic E-state index is 12.0. The van der Waals surface area contributed by atoms with E-state index < -0.39 is 0 Å². The van der Waals surface area contributed by atoms with Gasteiger partial charge in [-0.3, -0.25) is 4.79 Å². The summed E-state index contributed by atoms with van der Waals surface area (Å²) in [6.07, 6.45) is 1.22. The number of nitrogens with zero attached hydrogens (tertiary/aromatic N) is 1. The van der Waals surface area contributed by atoms with Crippen molar-refractivity contribution in [3.63, 3.8) is 0 Å². The molecule has 1 aliphatic heterocycles. The molecule has 88 valence electrons. The van der Waals surface area contributed by atoms with E-state index in [0.29, 0.717) is 6.61 Å². The van der Waals surface area contributed by atoms with Crippen LogP contribution in [0.5, 0.6) is 0 Å². The maximum Gasteiger partial charge on any atom is 0.239 e. The molecule has 1 fully saturated rings. The summed E-state index contributed by atoms with van der Waals surface area (Å²) in [4.78, 5) is 13.8. The van der Waals surface area contributed by atoms with Crippen molar-refractivity contribution < 1.29 is 9.53 Å². The van der Waals surface area contributed by atoms with Crippen LogP contribution in [0, 0.1) is 0 Å². The Morgan fingerprint density at radius 2 is 2.40 bits per heavy atom. The average molecular weight is 214 g/mol. The fourth-order valence-electron chi connectivity index (χ4n) is 1.74. The van der Waals surface area contributed by atoms with Gasteiger partial charge in [0.25, 0.3) is 0 Å². The minimum atomic E-state index is -0.0738. The number of hydrogen-bond acceptors (Lipinski definition) is 3. The van der Waals surface area contributed by atoms with Crippen molar-refractivity contribution in [3.05, 3.63) is 0 Å². The summed E-state index contributed by atoms with van der Waals surface area (Å²) in [5.74, 6) is 0.193. The van der Waals surface area contributed by atoms with E-state index in [2.05, 4.69) is 12.2 Å². The van der Waals surface area contributed by atoms with Gasteiger partial charge in [0, 0.05) is 13.1 Å². The second-order valence-corrected chi connectivity index (χ2v) is 4.14. The van der Waals surface area contributed by atoms with Crippen LogP contribution in [0.25, 0.3) is 0 Å². The Kier molecular flexibility index (Phi) is 5.05. The first-order valence-electron chi connectivity index (χ1n) is 5.79. The number of carbonyl (C=O) groups excluding carboxylic acids is 1. The fourth-order valence-corrected chi connectivity index (χ4v) is 1.74. The summed E-state index contributed by atoms with van der Waals surface area (Å²) in [6.45, 7) is 9.03. The first-order valence-corrected chi connectivity index (χ1v) is 5.79. The molecule has 0 radical (unpaired) electrons. The van der Waals surface area contributed by atoms with Gasteiger partial charge in [-0.2, -0.15) is 0 Å². The van der Waals surface area contributed by atoms with Crippen molar-refractivity contribution in [2.75, 3.05) is 26.2 Å². The molecule has 0 aromatic rings. The van der Waals surface area contributed by atoms with Crippen LogP contribution in [-0.4, -0.2) is 49.2 Å². The molecule has 0 saturated carbocycles. The molecule has 4 nitrogen and oxygen atoms in total. The molecule has 1 amide bonds. The Hall–Kier alpha value is -0.610. The zero-order valence-electron chi connectivity index (χ0n) is 9.95. The quantitative estimate of drug-likeness (QED) is 0.746. The van der Waals surface area contributed by atoms with Crippen LogP contribution < -0.4 is 5.32 Å². The third-order valence-electron chi connectivity index (χ3n) is 2.62. The highest BCUT2D eigenvalue weighted by molar-refractivity contribution is 5.81. The zero-order chi connectivity index (χ0) is 11.3. The minimum Gasteiger partial charge on any atom is -0.375 e. The molecule has 1 heterocycles. The van der Waals surface area contributed by atoms with Gasteiger partial charge in [0.15, 0.2) is 0 Å². The lowest BCUT2D eigenvalue weighted by Gasteiger charge is -2.33. The fraction of sp³-hybridized carbons (Fsp3) is 0.909. The summed E-state index contributed by atoms with van der Waals surface area (Å²) in [5, 5.41) is 3.21. The number of hydrogen-bond donors (Lipinski definition) is 1. The molecular formula is C11H22N2O2. The zero-order valence-corrected chi connectivity index (χ0v) is 9.95. The summed E-state index contributed by atoms with van der Waals surface area (Å²) in [6, 6.07) is -0.0738. The molecule has 0 spiro atoms. The Bertz CT molecular complexity index is 209. The second kappa shape index (κ2) is 6.08. The van der Waals surface area contributed by atoms with E-state index in [1.807, 2.05) is 18.7 Å². The average Bonchev–Trinajstić information content (AvgIpc) is 2.24. The predicted molar refractivity (Wildman–Crippen MR) is 59.7 cm³/mol. The summed E-state index contributed by atoms with van der Waals surface area (Å²) in [7, 11) is 0. The van der Waals surface area contributed by atoms with E-state index in [4.69, 9.17) is 4.74 Å². The standard InChI is InChI=1S/C11H22N2O2/c1-4-5-12-10(3)11(14)13-6-7-15-9(2)8-13/h9-10,12H,4-8H2,1-3H3. The molecular weight excluding hydrogens is 192 g/mol. The maximum absolute atomic E-state index is 12.0. The lowest BCUT2D eigenvalue weighted by molar-refractivity contribution is -0.139. The van der Waals surface area contributed by atoms with Crippen LogP contribution in [0.4, 0.5) is 0 Å². The smallest absolute Gasteiger partial charge is 0.239 e. The van der Waals surface area contributed by atoms with E-state index >= 15 is 0 Å². The monoisotopic (exact) mass is 214 g/mol. The van der Waals surface area contributed by atoms with E-state index in [9.17, 15) is 4.79 Å². The Morgan fingerprint density at radius 3 is 3.00 bits per heavy atom.